The van der Waals surface area contributed by atoms with Crippen LogP contribution in [0.3, 0.4) is 0 Å². The van der Waals surface area contributed by atoms with E-state index in [2.05, 4.69) is 32.7 Å². The van der Waals surface area contributed by atoms with E-state index >= 15 is 0 Å². The zero-order chi connectivity index (χ0) is 14.0. The first kappa shape index (κ1) is 14.0. The topological polar surface area (TPSA) is 47.8 Å². The molecule has 1 aromatic carbocycles. The summed E-state index contributed by atoms with van der Waals surface area (Å²) in [6, 6.07) is 6.95. The van der Waals surface area contributed by atoms with Crippen molar-refractivity contribution in [1.82, 2.24) is 14.8 Å². The van der Waals surface area contributed by atoms with Gasteiger partial charge in [-0.3, -0.25) is 4.79 Å². The maximum absolute atomic E-state index is 12.3. The lowest BCUT2D eigenvalue weighted by molar-refractivity contribution is -0.143. The van der Waals surface area contributed by atoms with Crippen LogP contribution in [0.15, 0.2) is 35.3 Å². The largest absolute Gasteiger partial charge is 0.408 e. The van der Waals surface area contributed by atoms with E-state index in [0.29, 0.717) is 10.2 Å². The van der Waals surface area contributed by atoms with Gasteiger partial charge in [-0.15, -0.1) is 5.10 Å². The summed E-state index contributed by atoms with van der Waals surface area (Å²) in [5.41, 5.74) is -0.325. The average molecular weight is 381 g/mol. The van der Waals surface area contributed by atoms with Crippen LogP contribution in [0.1, 0.15) is 0 Å². The monoisotopic (exact) mass is 381 g/mol. The Morgan fingerprint density at radius 1 is 1.32 bits per heavy atom. The third kappa shape index (κ3) is 3.75. The van der Waals surface area contributed by atoms with Gasteiger partial charge in [-0.1, -0.05) is 12.1 Å². The maximum atomic E-state index is 12.3. The van der Waals surface area contributed by atoms with Crippen LogP contribution in [0.25, 0.3) is 11.4 Å². The first-order valence-electron chi connectivity index (χ1n) is 5.12. The lowest BCUT2D eigenvalue weighted by Crippen LogP contribution is -2.30. The van der Waals surface area contributed by atoms with Gasteiger partial charge in [-0.2, -0.15) is 13.2 Å². The van der Waals surface area contributed by atoms with E-state index in [-0.39, 0.29) is 5.82 Å². The minimum Gasteiger partial charge on any atom is -0.266 e. The standard InChI is InChI=1S/C11H7F3IN3O/c12-11(13,14)6-18-9(19)5-16-10(17-18)7-2-1-3-8(15)4-7/h1-5H,6H2. The Labute approximate surface area is 119 Å². The third-order valence-corrected chi connectivity index (χ3v) is 2.85. The van der Waals surface area contributed by atoms with Gasteiger partial charge in [-0.25, -0.2) is 9.67 Å². The van der Waals surface area contributed by atoms with E-state index in [1.54, 1.807) is 18.2 Å². The highest BCUT2D eigenvalue weighted by Gasteiger charge is 2.29. The summed E-state index contributed by atoms with van der Waals surface area (Å²) >= 11 is 2.07. The van der Waals surface area contributed by atoms with Gasteiger partial charge >= 0.3 is 6.18 Å². The lowest BCUT2D eigenvalue weighted by Gasteiger charge is -2.09. The SMILES string of the molecule is O=c1cnc(-c2cccc(I)c2)nn1CC(F)(F)F. The van der Waals surface area contributed by atoms with Gasteiger partial charge in [0.1, 0.15) is 6.54 Å². The Balaban J connectivity index is 2.44. The Hall–Kier alpha value is -1.45. The van der Waals surface area contributed by atoms with E-state index in [4.69, 9.17) is 0 Å². The Morgan fingerprint density at radius 3 is 2.68 bits per heavy atom. The molecule has 2 aromatic rings. The number of nitrogens with zero attached hydrogens (tertiary/aromatic N) is 3. The van der Waals surface area contributed by atoms with Crippen molar-refractivity contribution in [3.63, 3.8) is 0 Å². The molecule has 1 aromatic heterocycles. The lowest BCUT2D eigenvalue weighted by atomic mass is 10.2. The summed E-state index contributed by atoms with van der Waals surface area (Å²) in [6.45, 7) is -1.43. The summed E-state index contributed by atoms with van der Waals surface area (Å²) in [7, 11) is 0. The molecule has 0 amide bonds. The van der Waals surface area contributed by atoms with Gasteiger partial charge in [0.15, 0.2) is 5.82 Å². The van der Waals surface area contributed by atoms with Crippen molar-refractivity contribution >= 4 is 22.6 Å². The molecule has 2 rings (SSSR count). The van der Waals surface area contributed by atoms with Gasteiger partial charge < -0.3 is 0 Å². The quantitative estimate of drug-likeness (QED) is 0.752. The summed E-state index contributed by atoms with van der Waals surface area (Å²) in [5.74, 6) is 0.0855. The predicted molar refractivity (Wildman–Crippen MR) is 70.5 cm³/mol. The zero-order valence-electron chi connectivity index (χ0n) is 9.36. The van der Waals surface area contributed by atoms with Crippen LogP contribution in [0.4, 0.5) is 13.2 Å². The summed E-state index contributed by atoms with van der Waals surface area (Å²) in [5, 5.41) is 3.64. The van der Waals surface area contributed by atoms with Crippen LogP contribution in [0.5, 0.6) is 0 Å². The molecule has 0 radical (unpaired) electrons. The molecular formula is C11H7F3IN3O. The second-order valence-corrected chi connectivity index (χ2v) is 4.95. The number of hydrogen-bond donors (Lipinski definition) is 0. The molecule has 0 aliphatic heterocycles. The van der Waals surface area contributed by atoms with E-state index in [0.717, 1.165) is 9.77 Å². The fraction of sp³-hybridized carbons (Fsp3) is 0.182. The van der Waals surface area contributed by atoms with Crippen LogP contribution in [0.2, 0.25) is 0 Å². The number of halogens is 4. The van der Waals surface area contributed by atoms with Crippen molar-refractivity contribution in [2.24, 2.45) is 0 Å². The zero-order valence-corrected chi connectivity index (χ0v) is 11.5. The first-order chi connectivity index (χ1) is 8.85. The molecule has 0 spiro atoms. The smallest absolute Gasteiger partial charge is 0.266 e. The summed E-state index contributed by atoms with van der Waals surface area (Å²) in [6.07, 6.45) is -3.66. The Morgan fingerprint density at radius 2 is 2.05 bits per heavy atom. The van der Waals surface area contributed by atoms with Crippen molar-refractivity contribution in [1.29, 1.82) is 0 Å². The second kappa shape index (κ2) is 5.27. The number of alkyl halides is 3. The van der Waals surface area contributed by atoms with E-state index in [1.807, 2.05) is 6.07 Å². The number of benzene rings is 1. The molecule has 4 nitrogen and oxygen atoms in total. The van der Waals surface area contributed by atoms with E-state index in [1.165, 1.54) is 0 Å². The summed E-state index contributed by atoms with van der Waals surface area (Å²) in [4.78, 5) is 15.0. The molecule has 0 N–H and O–H groups in total. The third-order valence-electron chi connectivity index (χ3n) is 2.18. The molecule has 1 heterocycles. The Kier molecular flexibility index (Phi) is 3.88. The molecule has 0 aliphatic rings. The predicted octanol–water partition coefficient (Wildman–Crippen LogP) is 2.47. The molecule has 0 unspecified atom stereocenters. The minimum atomic E-state index is -4.50. The van der Waals surface area contributed by atoms with Crippen LogP contribution >= 0.6 is 22.6 Å². The fourth-order valence-corrected chi connectivity index (χ4v) is 1.96. The highest BCUT2D eigenvalue weighted by Crippen LogP contribution is 2.18. The molecule has 0 bridgehead atoms. The van der Waals surface area contributed by atoms with Crippen molar-refractivity contribution < 1.29 is 13.2 Å². The molecule has 0 saturated carbocycles. The van der Waals surface area contributed by atoms with Gasteiger partial charge in [0.05, 0.1) is 6.20 Å². The highest BCUT2D eigenvalue weighted by molar-refractivity contribution is 14.1. The number of hydrogen-bond acceptors (Lipinski definition) is 3. The van der Waals surface area contributed by atoms with E-state index in [9.17, 15) is 18.0 Å². The molecular weight excluding hydrogens is 374 g/mol. The number of rotatable bonds is 2. The van der Waals surface area contributed by atoms with Crippen LogP contribution in [-0.4, -0.2) is 20.9 Å². The molecule has 0 saturated heterocycles. The average Bonchev–Trinajstić information content (AvgIpc) is 2.30. The van der Waals surface area contributed by atoms with Gasteiger partial charge in [0.25, 0.3) is 5.56 Å². The van der Waals surface area contributed by atoms with E-state index < -0.39 is 18.3 Å². The van der Waals surface area contributed by atoms with Crippen molar-refractivity contribution in [3.8, 4) is 11.4 Å². The molecule has 8 heteroatoms. The van der Waals surface area contributed by atoms with Crippen LogP contribution in [-0.2, 0) is 6.54 Å². The highest BCUT2D eigenvalue weighted by atomic mass is 127. The van der Waals surface area contributed by atoms with Crippen molar-refractivity contribution in [2.75, 3.05) is 0 Å². The van der Waals surface area contributed by atoms with Gasteiger partial charge in [0.2, 0.25) is 0 Å². The minimum absolute atomic E-state index is 0.0855. The number of aromatic nitrogens is 3. The molecule has 100 valence electrons. The van der Waals surface area contributed by atoms with Crippen LogP contribution in [0, 0.1) is 3.57 Å². The Bertz CT molecular complexity index is 654. The molecule has 0 fully saturated rings. The molecule has 0 aliphatic carbocycles. The fourth-order valence-electron chi connectivity index (χ4n) is 1.42. The van der Waals surface area contributed by atoms with Gasteiger partial charge in [-0.05, 0) is 34.7 Å². The first-order valence-corrected chi connectivity index (χ1v) is 6.20. The van der Waals surface area contributed by atoms with Crippen LogP contribution < -0.4 is 5.56 Å². The van der Waals surface area contributed by atoms with Crippen molar-refractivity contribution in [3.05, 3.63) is 44.4 Å². The van der Waals surface area contributed by atoms with Gasteiger partial charge in [0, 0.05) is 9.13 Å². The normalized spacial score (nSPS) is 11.6. The molecule has 19 heavy (non-hydrogen) atoms. The van der Waals surface area contributed by atoms with Crippen molar-refractivity contribution in [2.45, 2.75) is 12.7 Å². The summed E-state index contributed by atoms with van der Waals surface area (Å²) < 4.78 is 38.2. The second-order valence-electron chi connectivity index (χ2n) is 3.70. The molecule has 0 atom stereocenters. The maximum Gasteiger partial charge on any atom is 0.408 e.